The average molecular weight is 595 g/mol. The van der Waals surface area contributed by atoms with E-state index in [1.54, 1.807) is 17.6 Å². The lowest BCUT2D eigenvalue weighted by Gasteiger charge is -2.08. The van der Waals surface area contributed by atoms with Gasteiger partial charge in [0.05, 0.1) is 7.14 Å². The number of phenolic OH excluding ortho intramolecular Hbond substituents is 1. The van der Waals surface area contributed by atoms with Crippen molar-refractivity contribution >= 4 is 57.1 Å². The highest BCUT2D eigenvalue weighted by Gasteiger charge is 2.15. The van der Waals surface area contributed by atoms with Crippen molar-refractivity contribution in [2.75, 3.05) is 6.54 Å². The zero-order chi connectivity index (χ0) is 20.3. The summed E-state index contributed by atoms with van der Waals surface area (Å²) >= 11 is 3.99. The summed E-state index contributed by atoms with van der Waals surface area (Å²) in [6.45, 7) is 0.553. The molecule has 0 amide bonds. The van der Waals surface area contributed by atoms with Crippen LogP contribution in [0.15, 0.2) is 12.1 Å². The molecule has 0 bridgehead atoms. The molecule has 1 aromatic rings. The molecule has 0 saturated heterocycles. The van der Waals surface area contributed by atoms with Gasteiger partial charge < -0.3 is 32.0 Å². The van der Waals surface area contributed by atoms with E-state index < -0.39 is 24.0 Å². The minimum Gasteiger partial charge on any atom is -0.506 e. The van der Waals surface area contributed by atoms with Crippen LogP contribution in [0.2, 0.25) is 0 Å². The third kappa shape index (κ3) is 9.82. The van der Waals surface area contributed by atoms with E-state index in [-0.39, 0.29) is 12.2 Å². The molecule has 0 aliphatic rings. The van der Waals surface area contributed by atoms with E-state index in [4.69, 9.17) is 26.9 Å². The number of hydroxylamine groups is 1. The van der Waals surface area contributed by atoms with Crippen LogP contribution in [0.4, 0.5) is 0 Å². The second-order valence-corrected chi connectivity index (χ2v) is 7.69. The van der Waals surface area contributed by atoms with E-state index in [0.717, 1.165) is 12.0 Å². The molecule has 0 spiro atoms. The van der Waals surface area contributed by atoms with Crippen molar-refractivity contribution in [2.24, 2.45) is 11.5 Å². The number of carboxylic acid groups (broad SMARTS) is 2. The van der Waals surface area contributed by atoms with E-state index in [9.17, 15) is 14.7 Å². The smallest absolute Gasteiger partial charge is 0.323 e. The average Bonchev–Trinajstić information content (AvgIpc) is 2.56. The van der Waals surface area contributed by atoms with Crippen LogP contribution >= 0.6 is 45.2 Å². The lowest BCUT2D eigenvalue weighted by atomic mass is 10.1. The van der Waals surface area contributed by atoms with Crippen molar-refractivity contribution in [1.82, 2.24) is 5.48 Å². The minimum atomic E-state index is -1.04. The zero-order valence-corrected chi connectivity index (χ0v) is 18.2. The number of unbranched alkanes of at least 4 members (excludes halogenated alkanes) is 1. The molecule has 0 heterocycles. The molecule has 26 heavy (non-hydrogen) atoms. The molecule has 0 aliphatic heterocycles. The van der Waals surface area contributed by atoms with Gasteiger partial charge in [0.2, 0.25) is 0 Å². The molecule has 0 aromatic heterocycles. The summed E-state index contributed by atoms with van der Waals surface area (Å²) in [4.78, 5) is 20.8. The van der Waals surface area contributed by atoms with Gasteiger partial charge in [-0.2, -0.15) is 5.48 Å². The maximum atomic E-state index is 10.6. The summed E-state index contributed by atoms with van der Waals surface area (Å²) in [6, 6.07) is 1.71. The number of aliphatic carboxylic acids is 2. The fourth-order valence-electron chi connectivity index (χ4n) is 1.81. The molecule has 0 unspecified atom stereocenters. The molecule has 9 nitrogen and oxygen atoms in total. The van der Waals surface area contributed by atoms with Crippen molar-refractivity contribution < 1.29 is 30.1 Å². The minimum absolute atomic E-state index is 0.226. The normalized spacial score (nSPS) is 12.7. The molecular weight excluding hydrogens is 572 g/mol. The van der Waals surface area contributed by atoms with Crippen molar-refractivity contribution in [2.45, 2.75) is 37.8 Å². The summed E-state index contributed by atoms with van der Waals surface area (Å²) in [7, 11) is 0. The Bertz CT molecular complexity index is 580. The van der Waals surface area contributed by atoms with Gasteiger partial charge in [0.1, 0.15) is 17.8 Å². The second-order valence-electron chi connectivity index (χ2n) is 5.36. The summed E-state index contributed by atoms with van der Waals surface area (Å²) in [5.74, 6) is -1.83. The van der Waals surface area contributed by atoms with E-state index in [1.807, 2.05) is 45.2 Å². The van der Waals surface area contributed by atoms with Gasteiger partial charge >= 0.3 is 11.9 Å². The number of hydrogen-bond acceptors (Lipinski definition) is 7. The number of carboxylic acids is 2. The highest BCUT2D eigenvalue weighted by atomic mass is 127. The van der Waals surface area contributed by atoms with E-state index in [0.29, 0.717) is 26.5 Å². The van der Waals surface area contributed by atoms with Crippen molar-refractivity contribution in [3.8, 4) is 5.75 Å². The van der Waals surface area contributed by atoms with E-state index in [1.165, 1.54) is 0 Å². The van der Waals surface area contributed by atoms with Crippen LogP contribution in [-0.4, -0.2) is 51.1 Å². The van der Waals surface area contributed by atoms with Crippen LogP contribution in [0, 0.1) is 7.14 Å². The number of aromatic hydroxyl groups is 1. The first kappa shape index (κ1) is 25.3. The Kier molecular flexibility index (Phi) is 13.0. The Morgan fingerprint density at radius 3 is 2.04 bits per heavy atom. The largest absolute Gasteiger partial charge is 0.506 e. The summed E-state index contributed by atoms with van der Waals surface area (Å²) < 4.78 is 1.40. The standard InChI is InChI=1S/C9H9I2NO3.C6H14N2O3/c10-5-1-4(2-6(11)8(5)13)3-7(12)9(14)15;7-4-2-1-3-5(8-11)6(9)10/h1-2,7,13H,3,12H2,(H,14,15);5,8,11H,1-4,7H2,(H,9,10)/t7-;5-/m00/s1. The summed E-state index contributed by atoms with van der Waals surface area (Å²) in [5.41, 5.74) is 13.2. The van der Waals surface area contributed by atoms with Gasteiger partial charge in [-0.3, -0.25) is 9.59 Å². The van der Waals surface area contributed by atoms with Crippen LogP contribution in [0.3, 0.4) is 0 Å². The quantitative estimate of drug-likeness (QED) is 0.125. The molecule has 0 saturated carbocycles. The van der Waals surface area contributed by atoms with Gasteiger partial charge in [0.15, 0.2) is 0 Å². The van der Waals surface area contributed by atoms with Crippen LogP contribution in [0.1, 0.15) is 24.8 Å². The molecule has 1 rings (SSSR count). The van der Waals surface area contributed by atoms with Gasteiger partial charge in [-0.05, 0) is 95.1 Å². The molecule has 0 radical (unpaired) electrons. The Morgan fingerprint density at radius 1 is 1.12 bits per heavy atom. The predicted molar refractivity (Wildman–Crippen MR) is 112 cm³/mol. The monoisotopic (exact) mass is 595 g/mol. The fourth-order valence-corrected chi connectivity index (χ4v) is 3.71. The van der Waals surface area contributed by atoms with Crippen LogP contribution in [0.25, 0.3) is 0 Å². The maximum absolute atomic E-state index is 10.6. The number of halogens is 2. The SMILES string of the molecule is NCCCC[C@H](NO)C(=O)O.N[C@@H](Cc1cc(I)c(O)c(I)c1)C(=O)O. The van der Waals surface area contributed by atoms with Gasteiger partial charge in [0, 0.05) is 0 Å². The van der Waals surface area contributed by atoms with E-state index >= 15 is 0 Å². The maximum Gasteiger partial charge on any atom is 0.323 e. The molecule has 0 fully saturated rings. The van der Waals surface area contributed by atoms with Crippen LogP contribution in [-0.2, 0) is 16.0 Å². The van der Waals surface area contributed by atoms with Crippen molar-refractivity contribution in [3.63, 3.8) is 0 Å². The second kappa shape index (κ2) is 13.4. The first-order valence-electron chi connectivity index (χ1n) is 7.61. The third-order valence-corrected chi connectivity index (χ3v) is 4.89. The number of nitrogens with two attached hydrogens (primary N) is 2. The molecule has 0 aliphatic carbocycles. The van der Waals surface area contributed by atoms with Crippen LogP contribution < -0.4 is 16.9 Å². The molecule has 11 heteroatoms. The first-order chi connectivity index (χ1) is 12.1. The number of hydrogen-bond donors (Lipinski definition) is 7. The highest BCUT2D eigenvalue weighted by molar-refractivity contribution is 14.1. The number of nitrogens with one attached hydrogen (secondary N) is 1. The fraction of sp³-hybridized carbons (Fsp3) is 0.467. The first-order valence-corrected chi connectivity index (χ1v) is 9.77. The van der Waals surface area contributed by atoms with Crippen molar-refractivity contribution in [3.05, 3.63) is 24.8 Å². The van der Waals surface area contributed by atoms with Crippen LogP contribution in [0.5, 0.6) is 5.75 Å². The lowest BCUT2D eigenvalue weighted by Crippen LogP contribution is -2.34. The lowest BCUT2D eigenvalue weighted by molar-refractivity contribution is -0.142. The molecular formula is C15H23I2N3O6. The summed E-state index contributed by atoms with van der Waals surface area (Å²) in [6.07, 6.45) is 2.16. The Hall–Kier alpha value is -0.740. The van der Waals surface area contributed by atoms with Crippen molar-refractivity contribution in [1.29, 1.82) is 0 Å². The van der Waals surface area contributed by atoms with Gasteiger partial charge in [0.25, 0.3) is 0 Å². The molecule has 9 N–H and O–H groups in total. The highest BCUT2D eigenvalue weighted by Crippen LogP contribution is 2.27. The molecule has 2 atom stereocenters. The third-order valence-electron chi connectivity index (χ3n) is 3.25. The molecule has 148 valence electrons. The number of benzene rings is 1. The molecule has 1 aromatic carbocycles. The summed E-state index contributed by atoms with van der Waals surface area (Å²) in [5, 5.41) is 34.9. The van der Waals surface area contributed by atoms with Gasteiger partial charge in [-0.1, -0.05) is 0 Å². The number of phenols is 1. The van der Waals surface area contributed by atoms with Gasteiger partial charge in [-0.25, -0.2) is 0 Å². The Balaban J connectivity index is 0.000000508. The Morgan fingerprint density at radius 2 is 1.65 bits per heavy atom. The van der Waals surface area contributed by atoms with E-state index in [2.05, 4.69) is 0 Å². The number of carbonyl (C=O) groups is 2. The topological polar surface area (TPSA) is 179 Å². The van der Waals surface area contributed by atoms with Gasteiger partial charge in [-0.15, -0.1) is 0 Å². The Labute approximate surface area is 178 Å². The number of rotatable bonds is 9. The predicted octanol–water partition coefficient (Wildman–Crippen LogP) is 1.10. The zero-order valence-electron chi connectivity index (χ0n) is 13.9.